The van der Waals surface area contributed by atoms with Crippen LogP contribution >= 0.6 is 22.9 Å². The van der Waals surface area contributed by atoms with E-state index in [1.807, 2.05) is 26.0 Å². The molecule has 1 aromatic heterocycles. The molecule has 0 saturated carbocycles. The van der Waals surface area contributed by atoms with Crippen molar-refractivity contribution >= 4 is 22.9 Å². The lowest BCUT2D eigenvalue weighted by molar-refractivity contribution is 0.310. The monoisotopic (exact) mass is 309 g/mol. The Labute approximate surface area is 129 Å². The third-order valence-corrected chi connectivity index (χ3v) is 4.45. The van der Waals surface area contributed by atoms with Gasteiger partial charge >= 0.3 is 0 Å². The van der Waals surface area contributed by atoms with Gasteiger partial charge in [-0.25, -0.2) is 0 Å². The molecule has 0 aliphatic heterocycles. The summed E-state index contributed by atoms with van der Waals surface area (Å²) in [5.41, 5.74) is 3.53. The molecule has 108 valence electrons. The quantitative estimate of drug-likeness (QED) is 0.794. The van der Waals surface area contributed by atoms with Crippen LogP contribution in [-0.4, -0.2) is 13.2 Å². The van der Waals surface area contributed by atoms with Crippen LogP contribution in [0.25, 0.3) is 0 Å². The Morgan fingerprint density at radius 2 is 1.85 bits per heavy atom. The summed E-state index contributed by atoms with van der Waals surface area (Å²) >= 11 is 7.80. The number of thiophene rings is 1. The highest BCUT2D eigenvalue weighted by Crippen LogP contribution is 2.26. The fourth-order valence-corrected chi connectivity index (χ4v) is 3.34. The summed E-state index contributed by atoms with van der Waals surface area (Å²) < 4.78 is 5.85. The summed E-state index contributed by atoms with van der Waals surface area (Å²) in [6, 6.07) is 6.03. The molecule has 20 heavy (non-hydrogen) atoms. The lowest BCUT2D eigenvalue weighted by Gasteiger charge is -2.13. The molecule has 1 N–H and O–H groups in total. The summed E-state index contributed by atoms with van der Waals surface area (Å²) in [6.45, 7) is 8.59. The molecule has 0 aliphatic carbocycles. The zero-order chi connectivity index (χ0) is 14.5. The van der Waals surface area contributed by atoms with Crippen molar-refractivity contribution in [1.29, 1.82) is 0 Å². The topological polar surface area (TPSA) is 21.3 Å². The number of hydrogen-bond acceptors (Lipinski definition) is 3. The Kier molecular flexibility index (Phi) is 5.46. The van der Waals surface area contributed by atoms with Gasteiger partial charge in [0.2, 0.25) is 0 Å². The average molecular weight is 310 g/mol. The molecule has 4 heteroatoms. The summed E-state index contributed by atoms with van der Waals surface area (Å²) in [4.78, 5) is 1.39. The van der Waals surface area contributed by atoms with Gasteiger partial charge in [-0.15, -0.1) is 11.3 Å². The standard InChI is InChI=1S/C16H20ClNOS/c1-11-4-7-20-15(11)10-18-5-6-19-16-12(2)8-14(17)9-13(16)3/h4,7-9,18H,5-6,10H2,1-3H3. The highest BCUT2D eigenvalue weighted by atomic mass is 35.5. The van der Waals surface area contributed by atoms with Gasteiger partial charge in [0.25, 0.3) is 0 Å². The summed E-state index contributed by atoms with van der Waals surface area (Å²) in [5.74, 6) is 0.948. The molecule has 0 saturated heterocycles. The minimum absolute atomic E-state index is 0.660. The Hall–Kier alpha value is -1.03. The van der Waals surface area contributed by atoms with E-state index in [-0.39, 0.29) is 0 Å². The molecule has 1 aromatic carbocycles. The van der Waals surface area contributed by atoms with E-state index in [2.05, 4.69) is 23.7 Å². The second-order valence-corrected chi connectivity index (χ2v) is 6.36. The highest BCUT2D eigenvalue weighted by molar-refractivity contribution is 7.10. The first kappa shape index (κ1) is 15.4. The van der Waals surface area contributed by atoms with Crippen LogP contribution in [0.3, 0.4) is 0 Å². The average Bonchev–Trinajstić information content (AvgIpc) is 2.77. The number of halogens is 1. The van der Waals surface area contributed by atoms with E-state index in [4.69, 9.17) is 16.3 Å². The summed E-state index contributed by atoms with van der Waals surface area (Å²) in [6.07, 6.45) is 0. The van der Waals surface area contributed by atoms with Crippen LogP contribution in [0.1, 0.15) is 21.6 Å². The zero-order valence-electron chi connectivity index (χ0n) is 12.1. The maximum atomic E-state index is 6.01. The lowest BCUT2D eigenvalue weighted by atomic mass is 10.1. The number of rotatable bonds is 6. The van der Waals surface area contributed by atoms with E-state index in [0.29, 0.717) is 6.61 Å². The van der Waals surface area contributed by atoms with Crippen LogP contribution in [0.5, 0.6) is 5.75 Å². The molecule has 0 fully saturated rings. The van der Waals surface area contributed by atoms with E-state index < -0.39 is 0 Å². The van der Waals surface area contributed by atoms with E-state index in [0.717, 1.165) is 35.0 Å². The van der Waals surface area contributed by atoms with Crippen LogP contribution in [0.2, 0.25) is 5.02 Å². The van der Waals surface area contributed by atoms with Crippen molar-refractivity contribution in [1.82, 2.24) is 5.32 Å². The van der Waals surface area contributed by atoms with Crippen molar-refractivity contribution in [3.05, 3.63) is 50.2 Å². The van der Waals surface area contributed by atoms with Crippen LogP contribution in [0, 0.1) is 20.8 Å². The number of hydrogen-bond donors (Lipinski definition) is 1. The van der Waals surface area contributed by atoms with Gasteiger partial charge in [0, 0.05) is 23.0 Å². The maximum absolute atomic E-state index is 6.01. The molecule has 0 bridgehead atoms. The van der Waals surface area contributed by atoms with Gasteiger partial charge in [-0.3, -0.25) is 0 Å². The first-order valence-corrected chi connectivity index (χ1v) is 7.97. The predicted molar refractivity (Wildman–Crippen MR) is 87.2 cm³/mol. The molecular weight excluding hydrogens is 290 g/mol. The Balaban J connectivity index is 1.78. The lowest BCUT2D eigenvalue weighted by Crippen LogP contribution is -2.20. The second kappa shape index (κ2) is 7.11. The molecule has 0 aliphatic rings. The first-order chi connectivity index (χ1) is 9.58. The van der Waals surface area contributed by atoms with E-state index in [1.165, 1.54) is 10.4 Å². The van der Waals surface area contributed by atoms with Crippen LogP contribution in [0.15, 0.2) is 23.6 Å². The molecule has 1 heterocycles. The maximum Gasteiger partial charge on any atom is 0.125 e. The molecule has 2 aromatic rings. The minimum Gasteiger partial charge on any atom is -0.492 e. The minimum atomic E-state index is 0.660. The van der Waals surface area contributed by atoms with Gasteiger partial charge in [0.15, 0.2) is 0 Å². The molecule has 0 unspecified atom stereocenters. The van der Waals surface area contributed by atoms with Crippen molar-refractivity contribution in [2.75, 3.05) is 13.2 Å². The molecular formula is C16H20ClNOS. The Bertz CT molecular complexity index is 557. The van der Waals surface area contributed by atoms with Gasteiger partial charge in [-0.2, -0.15) is 0 Å². The molecule has 2 rings (SSSR count). The van der Waals surface area contributed by atoms with Crippen molar-refractivity contribution in [3.8, 4) is 5.75 Å². The normalized spacial score (nSPS) is 10.8. The molecule has 0 atom stereocenters. The number of nitrogens with one attached hydrogen (secondary N) is 1. The molecule has 0 radical (unpaired) electrons. The summed E-state index contributed by atoms with van der Waals surface area (Å²) in [7, 11) is 0. The highest BCUT2D eigenvalue weighted by Gasteiger charge is 2.05. The van der Waals surface area contributed by atoms with E-state index >= 15 is 0 Å². The van der Waals surface area contributed by atoms with Gasteiger partial charge in [-0.1, -0.05) is 11.6 Å². The van der Waals surface area contributed by atoms with Gasteiger partial charge in [-0.05, 0) is 61.0 Å². The fourth-order valence-electron chi connectivity index (χ4n) is 2.14. The SMILES string of the molecule is Cc1ccsc1CNCCOc1c(C)cc(Cl)cc1C. The van der Waals surface area contributed by atoms with E-state index in [1.54, 1.807) is 11.3 Å². The predicted octanol–water partition coefficient (Wildman–Crippen LogP) is 4.50. The molecule has 2 nitrogen and oxygen atoms in total. The van der Waals surface area contributed by atoms with Crippen molar-refractivity contribution in [3.63, 3.8) is 0 Å². The van der Waals surface area contributed by atoms with Crippen LogP contribution in [-0.2, 0) is 6.54 Å². The fraction of sp³-hybridized carbons (Fsp3) is 0.375. The zero-order valence-corrected chi connectivity index (χ0v) is 13.7. The Morgan fingerprint density at radius 1 is 1.15 bits per heavy atom. The number of aryl methyl sites for hydroxylation is 3. The van der Waals surface area contributed by atoms with Crippen molar-refractivity contribution in [2.45, 2.75) is 27.3 Å². The van der Waals surface area contributed by atoms with Gasteiger partial charge in [0.1, 0.15) is 12.4 Å². The van der Waals surface area contributed by atoms with Crippen LogP contribution in [0.4, 0.5) is 0 Å². The van der Waals surface area contributed by atoms with Crippen molar-refractivity contribution in [2.24, 2.45) is 0 Å². The van der Waals surface area contributed by atoms with Gasteiger partial charge < -0.3 is 10.1 Å². The van der Waals surface area contributed by atoms with E-state index in [9.17, 15) is 0 Å². The third kappa shape index (κ3) is 3.98. The van der Waals surface area contributed by atoms with Gasteiger partial charge in [0.05, 0.1) is 0 Å². The number of ether oxygens (including phenoxy) is 1. The molecule has 0 spiro atoms. The third-order valence-electron chi connectivity index (χ3n) is 3.20. The van der Waals surface area contributed by atoms with Crippen molar-refractivity contribution < 1.29 is 4.74 Å². The largest absolute Gasteiger partial charge is 0.492 e. The smallest absolute Gasteiger partial charge is 0.125 e. The Morgan fingerprint density at radius 3 is 2.45 bits per heavy atom. The summed E-state index contributed by atoms with van der Waals surface area (Å²) in [5, 5.41) is 6.30. The first-order valence-electron chi connectivity index (χ1n) is 6.71. The van der Waals surface area contributed by atoms with Crippen LogP contribution < -0.4 is 10.1 Å². The molecule has 0 amide bonds. The number of benzene rings is 1. The second-order valence-electron chi connectivity index (χ2n) is 4.92.